The van der Waals surface area contributed by atoms with Crippen LogP contribution in [0.25, 0.3) is 5.57 Å². The van der Waals surface area contributed by atoms with Crippen LogP contribution < -0.4 is 5.73 Å². The number of hydrogen-bond acceptors (Lipinski definition) is 3. The van der Waals surface area contributed by atoms with Crippen LogP contribution in [0, 0.1) is 5.41 Å². The van der Waals surface area contributed by atoms with Crippen molar-refractivity contribution < 1.29 is 9.53 Å². The van der Waals surface area contributed by atoms with E-state index in [1.807, 2.05) is 6.07 Å². The minimum Gasteiger partial charge on any atom is -0.379 e. The van der Waals surface area contributed by atoms with E-state index in [-0.39, 0.29) is 5.91 Å². The Balaban J connectivity index is 1.50. The lowest BCUT2D eigenvalue weighted by molar-refractivity contribution is 0.00729. The molecule has 2 aliphatic carbocycles. The lowest BCUT2D eigenvalue weighted by atomic mass is 9.75. The van der Waals surface area contributed by atoms with Crippen LogP contribution in [0.5, 0.6) is 0 Å². The van der Waals surface area contributed by atoms with Gasteiger partial charge in [0.2, 0.25) is 5.91 Å². The van der Waals surface area contributed by atoms with Gasteiger partial charge in [-0.25, -0.2) is 0 Å². The summed E-state index contributed by atoms with van der Waals surface area (Å²) in [6.45, 7) is 8.55. The third-order valence-electron chi connectivity index (χ3n) is 7.36. The third kappa shape index (κ3) is 4.75. The van der Waals surface area contributed by atoms with Crippen molar-refractivity contribution in [3.05, 3.63) is 41.0 Å². The summed E-state index contributed by atoms with van der Waals surface area (Å²) in [5.74, 6) is 0.280. The number of allylic oxidation sites excluding steroid dienone is 2. The molecule has 1 saturated heterocycles. The van der Waals surface area contributed by atoms with Gasteiger partial charge in [-0.05, 0) is 79.0 Å². The molecule has 0 spiro atoms. The topological polar surface area (TPSA) is 55.6 Å². The van der Waals surface area contributed by atoms with Crippen LogP contribution in [0.15, 0.2) is 24.3 Å². The van der Waals surface area contributed by atoms with Crippen LogP contribution in [0.2, 0.25) is 0 Å². The van der Waals surface area contributed by atoms with Gasteiger partial charge < -0.3 is 10.5 Å². The molecule has 1 aromatic carbocycles. The molecule has 1 aromatic rings. The molecule has 0 aromatic heterocycles. The van der Waals surface area contributed by atoms with E-state index >= 15 is 0 Å². The summed E-state index contributed by atoms with van der Waals surface area (Å²) in [4.78, 5) is 14.7. The predicted octanol–water partition coefficient (Wildman–Crippen LogP) is 4.74. The summed E-state index contributed by atoms with van der Waals surface area (Å²) in [6.07, 6.45) is 10.6. The van der Waals surface area contributed by atoms with E-state index in [1.54, 1.807) is 0 Å². The van der Waals surface area contributed by atoms with Crippen LogP contribution >= 0.6 is 0 Å². The molecular formula is C25H36N2O2. The maximum absolute atomic E-state index is 12.1. The molecule has 2 N–H and O–H groups in total. The second-order valence-electron chi connectivity index (χ2n) is 9.92. The smallest absolute Gasteiger partial charge is 0.249 e. The van der Waals surface area contributed by atoms with E-state index < -0.39 is 0 Å². The number of amides is 1. The van der Waals surface area contributed by atoms with Crippen molar-refractivity contribution in [1.82, 2.24) is 4.90 Å². The van der Waals surface area contributed by atoms with Crippen molar-refractivity contribution in [3.63, 3.8) is 0 Å². The predicted molar refractivity (Wildman–Crippen MR) is 118 cm³/mol. The molecule has 2 fully saturated rings. The molecule has 29 heavy (non-hydrogen) atoms. The van der Waals surface area contributed by atoms with Gasteiger partial charge in [0, 0.05) is 24.7 Å². The Morgan fingerprint density at radius 2 is 1.86 bits per heavy atom. The zero-order valence-electron chi connectivity index (χ0n) is 18.1. The SMILES string of the molecule is CC1(C)CC=C(c2cc(C3CCC(N4CCOCC4)CC3)ccc2C(N)=O)CC1. The number of nitrogens with two attached hydrogens (primary N) is 1. The van der Waals surface area contributed by atoms with Gasteiger partial charge in [0.25, 0.3) is 0 Å². The van der Waals surface area contributed by atoms with Crippen LogP contribution in [0.4, 0.5) is 0 Å². The molecular weight excluding hydrogens is 360 g/mol. The quantitative estimate of drug-likeness (QED) is 0.800. The van der Waals surface area contributed by atoms with E-state index in [9.17, 15) is 4.79 Å². The van der Waals surface area contributed by atoms with Crippen molar-refractivity contribution in [2.45, 2.75) is 70.8 Å². The molecule has 4 nitrogen and oxygen atoms in total. The van der Waals surface area contributed by atoms with Gasteiger partial charge in [0.15, 0.2) is 0 Å². The summed E-state index contributed by atoms with van der Waals surface area (Å²) < 4.78 is 5.51. The van der Waals surface area contributed by atoms with Crippen LogP contribution in [0.1, 0.15) is 86.2 Å². The molecule has 4 rings (SSSR count). The van der Waals surface area contributed by atoms with E-state index in [2.05, 4.69) is 37.0 Å². The zero-order chi connectivity index (χ0) is 20.4. The second-order valence-corrected chi connectivity index (χ2v) is 9.92. The molecule has 1 aliphatic heterocycles. The Morgan fingerprint density at radius 1 is 1.14 bits per heavy atom. The Labute approximate surface area is 175 Å². The lowest BCUT2D eigenvalue weighted by Crippen LogP contribution is -2.44. The molecule has 1 saturated carbocycles. The molecule has 1 amide bonds. The van der Waals surface area contributed by atoms with Crippen LogP contribution in [-0.4, -0.2) is 43.2 Å². The number of carbonyl (C=O) groups excluding carboxylic acids is 1. The van der Waals surface area contributed by atoms with Gasteiger partial charge in [-0.3, -0.25) is 9.69 Å². The maximum atomic E-state index is 12.1. The van der Waals surface area contributed by atoms with Crippen molar-refractivity contribution in [1.29, 1.82) is 0 Å². The summed E-state index contributed by atoms with van der Waals surface area (Å²) in [7, 11) is 0. The summed E-state index contributed by atoms with van der Waals surface area (Å²) in [5, 5.41) is 0. The summed E-state index contributed by atoms with van der Waals surface area (Å²) in [6, 6.07) is 7.12. The second kappa shape index (κ2) is 8.61. The van der Waals surface area contributed by atoms with Gasteiger partial charge >= 0.3 is 0 Å². The number of primary amides is 1. The first-order chi connectivity index (χ1) is 13.9. The monoisotopic (exact) mass is 396 g/mol. The Morgan fingerprint density at radius 3 is 2.48 bits per heavy atom. The first-order valence-electron chi connectivity index (χ1n) is 11.4. The van der Waals surface area contributed by atoms with E-state index in [0.717, 1.165) is 51.1 Å². The van der Waals surface area contributed by atoms with Gasteiger partial charge in [-0.1, -0.05) is 32.1 Å². The third-order valence-corrected chi connectivity index (χ3v) is 7.36. The number of rotatable bonds is 4. The van der Waals surface area contributed by atoms with E-state index in [1.165, 1.54) is 36.8 Å². The van der Waals surface area contributed by atoms with Gasteiger partial charge in [0.1, 0.15) is 0 Å². The van der Waals surface area contributed by atoms with Crippen LogP contribution in [0.3, 0.4) is 0 Å². The standard InChI is InChI=1S/C25H36N2O2/c1-25(2)11-9-19(10-12-25)23-17-20(5-8-22(23)24(26)28)18-3-6-21(7-4-18)27-13-15-29-16-14-27/h5,8-9,17-18,21H,3-4,6-7,10-16H2,1-2H3,(H2,26,28). The fraction of sp³-hybridized carbons (Fsp3) is 0.640. The summed E-state index contributed by atoms with van der Waals surface area (Å²) in [5.41, 5.74) is 10.5. The first kappa shape index (κ1) is 20.6. The highest BCUT2D eigenvalue weighted by atomic mass is 16.5. The molecule has 1 heterocycles. The average molecular weight is 397 g/mol. The van der Waals surface area contributed by atoms with E-state index in [0.29, 0.717) is 22.9 Å². The Hall–Kier alpha value is -1.65. The average Bonchev–Trinajstić information content (AvgIpc) is 2.74. The van der Waals surface area contributed by atoms with Gasteiger partial charge in [-0.2, -0.15) is 0 Å². The van der Waals surface area contributed by atoms with Crippen molar-refractivity contribution >= 4 is 11.5 Å². The van der Waals surface area contributed by atoms with Crippen molar-refractivity contribution in [3.8, 4) is 0 Å². The normalized spacial score (nSPS) is 28.0. The Bertz CT molecular complexity index is 769. The fourth-order valence-corrected chi connectivity index (χ4v) is 5.33. The minimum atomic E-state index is -0.312. The molecule has 158 valence electrons. The number of nitrogens with zero attached hydrogens (tertiary/aromatic N) is 1. The number of morpholine rings is 1. The maximum Gasteiger partial charge on any atom is 0.249 e. The highest BCUT2D eigenvalue weighted by Crippen LogP contribution is 2.41. The van der Waals surface area contributed by atoms with Crippen molar-refractivity contribution in [2.24, 2.45) is 11.1 Å². The Kier molecular flexibility index (Phi) is 6.12. The lowest BCUT2D eigenvalue weighted by Gasteiger charge is -2.39. The number of hydrogen-bond donors (Lipinski definition) is 1. The van der Waals surface area contributed by atoms with Crippen LogP contribution in [-0.2, 0) is 4.74 Å². The molecule has 0 bridgehead atoms. The molecule has 0 atom stereocenters. The van der Waals surface area contributed by atoms with Crippen molar-refractivity contribution in [2.75, 3.05) is 26.3 Å². The largest absolute Gasteiger partial charge is 0.379 e. The zero-order valence-corrected chi connectivity index (χ0v) is 18.1. The molecule has 4 heteroatoms. The van der Waals surface area contributed by atoms with Gasteiger partial charge in [0.05, 0.1) is 13.2 Å². The van der Waals surface area contributed by atoms with Gasteiger partial charge in [-0.15, -0.1) is 0 Å². The fourth-order valence-electron chi connectivity index (χ4n) is 5.33. The number of benzene rings is 1. The number of ether oxygens (including phenoxy) is 1. The first-order valence-corrected chi connectivity index (χ1v) is 11.4. The highest BCUT2D eigenvalue weighted by Gasteiger charge is 2.29. The number of carbonyl (C=O) groups is 1. The summed E-state index contributed by atoms with van der Waals surface area (Å²) >= 11 is 0. The minimum absolute atomic E-state index is 0.312. The molecule has 3 aliphatic rings. The van der Waals surface area contributed by atoms with E-state index in [4.69, 9.17) is 10.5 Å². The molecule has 0 radical (unpaired) electrons. The molecule has 0 unspecified atom stereocenters. The highest BCUT2D eigenvalue weighted by molar-refractivity contribution is 5.98.